The highest BCUT2D eigenvalue weighted by Gasteiger charge is 2.22. The first-order valence-electron chi connectivity index (χ1n) is 10.1. The SMILES string of the molecule is CCN1CCN(c2ccc(F)cc2[C@H](C)NC(=O)c2ccc(C)c(OC)c2)CC1. The molecule has 29 heavy (non-hydrogen) atoms. The molecule has 2 aromatic rings. The van der Waals surface area contributed by atoms with Gasteiger partial charge in [-0.05, 0) is 56.3 Å². The first-order valence-corrected chi connectivity index (χ1v) is 10.1. The van der Waals surface area contributed by atoms with Gasteiger partial charge in [-0.3, -0.25) is 4.79 Å². The maximum atomic E-state index is 14.0. The number of ether oxygens (including phenoxy) is 1. The molecule has 0 saturated carbocycles. The number of nitrogens with one attached hydrogen (secondary N) is 1. The topological polar surface area (TPSA) is 44.8 Å². The Morgan fingerprint density at radius 1 is 1.17 bits per heavy atom. The molecule has 1 fully saturated rings. The van der Waals surface area contributed by atoms with Crippen LogP contribution in [0.3, 0.4) is 0 Å². The summed E-state index contributed by atoms with van der Waals surface area (Å²) in [7, 11) is 1.59. The van der Waals surface area contributed by atoms with Gasteiger partial charge in [0.1, 0.15) is 11.6 Å². The van der Waals surface area contributed by atoms with Crippen LogP contribution in [0.25, 0.3) is 0 Å². The molecule has 2 aromatic carbocycles. The summed E-state index contributed by atoms with van der Waals surface area (Å²) in [5, 5.41) is 3.01. The number of carbonyl (C=O) groups is 1. The summed E-state index contributed by atoms with van der Waals surface area (Å²) in [5.41, 5.74) is 3.27. The fraction of sp³-hybridized carbons (Fsp3) is 0.435. The quantitative estimate of drug-likeness (QED) is 0.803. The van der Waals surface area contributed by atoms with E-state index in [1.807, 2.05) is 26.0 Å². The predicted octanol–water partition coefficient (Wildman–Crippen LogP) is 3.78. The number of methoxy groups -OCH3 is 1. The molecule has 1 N–H and O–H groups in total. The summed E-state index contributed by atoms with van der Waals surface area (Å²) in [6.07, 6.45) is 0. The van der Waals surface area contributed by atoms with Crippen molar-refractivity contribution in [1.82, 2.24) is 10.2 Å². The summed E-state index contributed by atoms with van der Waals surface area (Å²) < 4.78 is 19.4. The van der Waals surface area contributed by atoms with Crippen LogP contribution in [0.5, 0.6) is 5.75 Å². The summed E-state index contributed by atoms with van der Waals surface area (Å²) in [4.78, 5) is 17.5. The van der Waals surface area contributed by atoms with Gasteiger partial charge in [0.2, 0.25) is 0 Å². The number of hydrogen-bond acceptors (Lipinski definition) is 4. The zero-order valence-electron chi connectivity index (χ0n) is 17.7. The molecule has 0 aliphatic carbocycles. The van der Waals surface area contributed by atoms with E-state index in [0.717, 1.165) is 49.5 Å². The molecule has 1 amide bonds. The third-order valence-electron chi connectivity index (χ3n) is 5.63. The van der Waals surface area contributed by atoms with Gasteiger partial charge < -0.3 is 19.9 Å². The number of carbonyl (C=O) groups excluding carboxylic acids is 1. The maximum absolute atomic E-state index is 14.0. The van der Waals surface area contributed by atoms with Crippen LogP contribution in [0.4, 0.5) is 10.1 Å². The van der Waals surface area contributed by atoms with Crippen LogP contribution in [0.1, 0.15) is 41.4 Å². The van der Waals surface area contributed by atoms with Crippen molar-refractivity contribution in [2.45, 2.75) is 26.8 Å². The number of nitrogens with zero attached hydrogens (tertiary/aromatic N) is 2. The summed E-state index contributed by atoms with van der Waals surface area (Å²) >= 11 is 0. The standard InChI is InChI=1S/C23H30FN3O2/c1-5-26-10-12-27(13-11-26)21-9-8-19(24)15-20(21)17(3)25-23(28)18-7-6-16(2)22(14-18)29-4/h6-9,14-15,17H,5,10-13H2,1-4H3,(H,25,28)/t17-/m0/s1. The molecule has 0 bridgehead atoms. The van der Waals surface area contributed by atoms with Crippen LogP contribution in [0, 0.1) is 12.7 Å². The van der Waals surface area contributed by atoms with Gasteiger partial charge >= 0.3 is 0 Å². The van der Waals surface area contributed by atoms with E-state index >= 15 is 0 Å². The maximum Gasteiger partial charge on any atom is 0.251 e. The van der Waals surface area contributed by atoms with Crippen molar-refractivity contribution in [1.29, 1.82) is 0 Å². The van der Waals surface area contributed by atoms with E-state index in [-0.39, 0.29) is 17.8 Å². The molecule has 3 rings (SSSR count). The van der Waals surface area contributed by atoms with E-state index in [2.05, 4.69) is 22.0 Å². The highest BCUT2D eigenvalue weighted by atomic mass is 19.1. The Balaban J connectivity index is 1.79. The number of hydrogen-bond donors (Lipinski definition) is 1. The minimum Gasteiger partial charge on any atom is -0.496 e. The van der Waals surface area contributed by atoms with E-state index < -0.39 is 0 Å². The highest BCUT2D eigenvalue weighted by molar-refractivity contribution is 5.95. The zero-order valence-corrected chi connectivity index (χ0v) is 17.7. The lowest BCUT2D eigenvalue weighted by atomic mass is 10.0. The van der Waals surface area contributed by atoms with E-state index in [1.165, 1.54) is 12.1 Å². The molecule has 0 unspecified atom stereocenters. The van der Waals surface area contributed by atoms with Gasteiger partial charge in [0.25, 0.3) is 5.91 Å². The third-order valence-corrected chi connectivity index (χ3v) is 5.63. The Morgan fingerprint density at radius 3 is 2.55 bits per heavy atom. The van der Waals surface area contributed by atoms with Crippen LogP contribution >= 0.6 is 0 Å². The van der Waals surface area contributed by atoms with Crippen molar-refractivity contribution in [3.63, 3.8) is 0 Å². The predicted molar refractivity (Wildman–Crippen MR) is 114 cm³/mol. The van der Waals surface area contributed by atoms with E-state index in [9.17, 15) is 9.18 Å². The number of amides is 1. The van der Waals surface area contributed by atoms with Crippen molar-refractivity contribution in [2.75, 3.05) is 44.7 Å². The second-order valence-corrected chi connectivity index (χ2v) is 7.50. The summed E-state index contributed by atoms with van der Waals surface area (Å²) in [6, 6.07) is 9.88. The normalized spacial score (nSPS) is 15.8. The van der Waals surface area contributed by atoms with Crippen molar-refractivity contribution in [2.24, 2.45) is 0 Å². The lowest BCUT2D eigenvalue weighted by Gasteiger charge is -2.37. The van der Waals surface area contributed by atoms with Crippen LogP contribution in [-0.4, -0.2) is 50.6 Å². The van der Waals surface area contributed by atoms with Crippen molar-refractivity contribution < 1.29 is 13.9 Å². The van der Waals surface area contributed by atoms with Crippen molar-refractivity contribution >= 4 is 11.6 Å². The third kappa shape index (κ3) is 4.88. The van der Waals surface area contributed by atoms with Gasteiger partial charge in [-0.25, -0.2) is 4.39 Å². The van der Waals surface area contributed by atoms with Crippen molar-refractivity contribution in [3.8, 4) is 5.75 Å². The average Bonchev–Trinajstić information content (AvgIpc) is 2.74. The van der Waals surface area contributed by atoms with Crippen LogP contribution in [-0.2, 0) is 0 Å². The zero-order chi connectivity index (χ0) is 21.0. The van der Waals surface area contributed by atoms with E-state index in [1.54, 1.807) is 19.2 Å². The molecule has 0 spiro atoms. The minimum absolute atomic E-state index is 0.207. The molecule has 156 valence electrons. The number of likely N-dealkylation sites (N-methyl/N-ethyl adjacent to an activating group) is 1. The van der Waals surface area contributed by atoms with E-state index in [0.29, 0.717) is 11.3 Å². The Kier molecular flexibility index (Phi) is 6.75. The highest BCUT2D eigenvalue weighted by Crippen LogP contribution is 2.29. The molecule has 0 aromatic heterocycles. The molecule has 5 nitrogen and oxygen atoms in total. The number of benzene rings is 2. The number of rotatable bonds is 6. The Labute approximate surface area is 172 Å². The Bertz CT molecular complexity index is 863. The molecule has 0 radical (unpaired) electrons. The smallest absolute Gasteiger partial charge is 0.251 e. The average molecular weight is 400 g/mol. The minimum atomic E-state index is -0.329. The molecule has 1 aliphatic heterocycles. The molecule has 1 atom stereocenters. The van der Waals surface area contributed by atoms with E-state index in [4.69, 9.17) is 4.74 Å². The van der Waals surface area contributed by atoms with Crippen LogP contribution in [0.2, 0.25) is 0 Å². The molecular weight excluding hydrogens is 369 g/mol. The number of aryl methyl sites for hydroxylation is 1. The largest absolute Gasteiger partial charge is 0.496 e. The lowest BCUT2D eigenvalue weighted by molar-refractivity contribution is 0.0939. The molecular formula is C23H30FN3O2. The fourth-order valence-electron chi connectivity index (χ4n) is 3.78. The molecule has 6 heteroatoms. The number of anilines is 1. The first kappa shape index (κ1) is 21.1. The Hall–Kier alpha value is -2.60. The fourth-order valence-corrected chi connectivity index (χ4v) is 3.78. The van der Waals surface area contributed by atoms with Gasteiger partial charge in [-0.2, -0.15) is 0 Å². The van der Waals surface area contributed by atoms with Crippen LogP contribution < -0.4 is 15.0 Å². The number of piperazine rings is 1. The van der Waals surface area contributed by atoms with Gasteiger partial charge in [-0.15, -0.1) is 0 Å². The van der Waals surface area contributed by atoms with Crippen LogP contribution in [0.15, 0.2) is 36.4 Å². The lowest BCUT2D eigenvalue weighted by Crippen LogP contribution is -2.46. The second kappa shape index (κ2) is 9.27. The Morgan fingerprint density at radius 2 is 1.90 bits per heavy atom. The molecule has 1 aliphatic rings. The van der Waals surface area contributed by atoms with Crippen molar-refractivity contribution in [3.05, 3.63) is 58.9 Å². The monoisotopic (exact) mass is 399 g/mol. The number of halogens is 1. The molecule has 1 saturated heterocycles. The molecule has 1 heterocycles. The van der Waals surface area contributed by atoms with Gasteiger partial charge in [0.05, 0.1) is 13.2 Å². The van der Waals surface area contributed by atoms with Gasteiger partial charge in [-0.1, -0.05) is 13.0 Å². The summed E-state index contributed by atoms with van der Waals surface area (Å²) in [5.74, 6) is 0.168. The van der Waals surface area contributed by atoms with Gasteiger partial charge in [0, 0.05) is 43.0 Å². The van der Waals surface area contributed by atoms with Gasteiger partial charge in [0.15, 0.2) is 0 Å². The second-order valence-electron chi connectivity index (χ2n) is 7.50. The first-order chi connectivity index (χ1) is 13.9. The summed E-state index contributed by atoms with van der Waals surface area (Å²) in [6.45, 7) is 10.8.